The molecule has 1 aromatic carbocycles. The van der Waals surface area contributed by atoms with Crippen LogP contribution >= 0.6 is 0 Å². The van der Waals surface area contributed by atoms with E-state index in [2.05, 4.69) is 10.4 Å². The van der Waals surface area contributed by atoms with Gasteiger partial charge in [0.1, 0.15) is 17.2 Å². The number of benzene rings is 1. The number of rotatable bonds is 5. The minimum Gasteiger partial charge on any atom is -0.480 e. The highest BCUT2D eigenvalue weighted by Gasteiger charge is 2.42. The first-order valence-corrected chi connectivity index (χ1v) is 11.7. The highest BCUT2D eigenvalue weighted by atomic mass is 19.1. The maximum atomic E-state index is 14.5. The minimum atomic E-state index is -1.33. The molecular formula is C25H27F2N5O3. The van der Waals surface area contributed by atoms with Gasteiger partial charge in [-0.1, -0.05) is 0 Å². The molecule has 3 aromatic rings. The van der Waals surface area contributed by atoms with Crippen molar-refractivity contribution in [2.45, 2.75) is 37.3 Å². The number of pyridine rings is 1. The van der Waals surface area contributed by atoms with Crippen LogP contribution in [-0.4, -0.2) is 63.7 Å². The molecular weight excluding hydrogens is 456 g/mol. The van der Waals surface area contributed by atoms with Crippen molar-refractivity contribution in [2.75, 3.05) is 31.6 Å². The van der Waals surface area contributed by atoms with Crippen molar-refractivity contribution in [2.24, 2.45) is 0 Å². The van der Waals surface area contributed by atoms with Crippen LogP contribution in [0.2, 0.25) is 0 Å². The number of carbonyl (C=O) groups excluding carboxylic acids is 1. The van der Waals surface area contributed by atoms with Crippen LogP contribution in [0.15, 0.2) is 42.7 Å². The van der Waals surface area contributed by atoms with Crippen molar-refractivity contribution in [1.82, 2.24) is 19.8 Å². The zero-order valence-corrected chi connectivity index (χ0v) is 19.4. The summed E-state index contributed by atoms with van der Waals surface area (Å²) in [4.78, 5) is 29.4. The van der Waals surface area contributed by atoms with Gasteiger partial charge in [0.05, 0.1) is 23.3 Å². The fraction of sp³-hybridized carbons (Fsp3) is 0.400. The quantitative estimate of drug-likeness (QED) is 0.579. The second kappa shape index (κ2) is 8.92. The number of nitrogens with one attached hydrogen (secondary N) is 1. The number of carboxylic acid groups (broad SMARTS) is 1. The first-order valence-electron chi connectivity index (χ1n) is 11.7. The fourth-order valence-electron chi connectivity index (χ4n) is 5.17. The SMILES string of the molecule is CN1CCC(NC(=O)c2cnn3ccc(N4CCCC4c4cc(F)ccc4F)cc23)(C(=O)O)CC1. The average molecular weight is 484 g/mol. The number of amides is 1. The third-order valence-corrected chi connectivity index (χ3v) is 7.25. The van der Waals surface area contributed by atoms with Crippen LogP contribution in [0.3, 0.4) is 0 Å². The summed E-state index contributed by atoms with van der Waals surface area (Å²) in [6, 6.07) is 6.78. The van der Waals surface area contributed by atoms with Gasteiger partial charge in [0.25, 0.3) is 5.91 Å². The standard InChI is InChI=1S/C25H27F2N5O3/c1-30-11-7-25(8-12-30,24(34)35)29-23(33)19-15-28-32-10-6-17(14-22(19)32)31-9-2-3-21(31)18-13-16(26)4-5-20(18)27/h4-6,10,13-15,21H,2-3,7-9,11-12H2,1H3,(H,29,33)(H,34,35). The first kappa shape index (κ1) is 23.2. The predicted molar refractivity (Wildman–Crippen MR) is 125 cm³/mol. The molecule has 0 radical (unpaired) electrons. The number of anilines is 1. The largest absolute Gasteiger partial charge is 0.480 e. The van der Waals surface area contributed by atoms with Crippen molar-refractivity contribution in [1.29, 1.82) is 0 Å². The van der Waals surface area contributed by atoms with E-state index in [9.17, 15) is 23.5 Å². The van der Waals surface area contributed by atoms with E-state index in [0.717, 1.165) is 24.2 Å². The molecule has 0 saturated carbocycles. The molecule has 0 bridgehead atoms. The van der Waals surface area contributed by atoms with Gasteiger partial charge in [-0.2, -0.15) is 5.10 Å². The lowest BCUT2D eigenvalue weighted by Gasteiger charge is -2.37. The molecule has 2 aliphatic rings. The number of aromatic nitrogens is 2. The van der Waals surface area contributed by atoms with E-state index in [1.165, 1.54) is 12.3 Å². The van der Waals surface area contributed by atoms with Crippen LogP contribution in [0, 0.1) is 11.6 Å². The molecule has 4 heterocycles. The Bertz CT molecular complexity index is 1290. The van der Waals surface area contributed by atoms with Crippen LogP contribution in [0.5, 0.6) is 0 Å². The highest BCUT2D eigenvalue weighted by Crippen LogP contribution is 2.38. The zero-order valence-electron chi connectivity index (χ0n) is 19.4. The maximum Gasteiger partial charge on any atom is 0.329 e. The van der Waals surface area contributed by atoms with Crippen LogP contribution < -0.4 is 10.2 Å². The molecule has 1 unspecified atom stereocenters. The van der Waals surface area contributed by atoms with E-state index in [-0.39, 0.29) is 11.6 Å². The smallest absolute Gasteiger partial charge is 0.329 e. The summed E-state index contributed by atoms with van der Waals surface area (Å²) in [5, 5.41) is 16.9. The van der Waals surface area contributed by atoms with Gasteiger partial charge in [0.2, 0.25) is 0 Å². The van der Waals surface area contributed by atoms with Crippen molar-refractivity contribution in [3.63, 3.8) is 0 Å². The molecule has 2 aromatic heterocycles. The van der Waals surface area contributed by atoms with Crippen molar-refractivity contribution >= 4 is 23.1 Å². The van der Waals surface area contributed by atoms with Gasteiger partial charge in [-0.15, -0.1) is 0 Å². The summed E-state index contributed by atoms with van der Waals surface area (Å²) in [5.41, 5.74) is 0.507. The lowest BCUT2D eigenvalue weighted by atomic mass is 9.87. The Labute approximate surface area is 201 Å². The topological polar surface area (TPSA) is 90.2 Å². The molecule has 8 nitrogen and oxygen atoms in total. The zero-order chi connectivity index (χ0) is 24.7. The Balaban J connectivity index is 1.45. The van der Waals surface area contributed by atoms with Gasteiger partial charge in [0.15, 0.2) is 0 Å². The normalized spacial score (nSPS) is 20.3. The number of hydrogen-bond donors (Lipinski definition) is 2. The Hall–Kier alpha value is -3.53. The lowest BCUT2D eigenvalue weighted by Crippen LogP contribution is -2.59. The van der Waals surface area contributed by atoms with E-state index in [1.54, 1.807) is 16.8 Å². The van der Waals surface area contributed by atoms with Crippen molar-refractivity contribution in [3.8, 4) is 0 Å². The van der Waals surface area contributed by atoms with Gasteiger partial charge in [0, 0.05) is 37.1 Å². The Morgan fingerprint density at radius 1 is 1.14 bits per heavy atom. The molecule has 2 N–H and O–H groups in total. The summed E-state index contributed by atoms with van der Waals surface area (Å²) in [7, 11) is 1.92. The molecule has 2 saturated heterocycles. The molecule has 0 aliphatic carbocycles. The van der Waals surface area contributed by atoms with Gasteiger partial charge < -0.3 is 20.2 Å². The third-order valence-electron chi connectivity index (χ3n) is 7.25. The molecule has 0 spiro atoms. The number of carboxylic acids is 1. The lowest BCUT2D eigenvalue weighted by molar-refractivity contribution is -0.146. The van der Waals surface area contributed by atoms with Crippen LogP contribution in [0.25, 0.3) is 5.52 Å². The van der Waals surface area contributed by atoms with Gasteiger partial charge in [-0.3, -0.25) is 4.79 Å². The number of piperidine rings is 1. The number of aliphatic carboxylic acids is 1. The number of likely N-dealkylation sites (tertiary alicyclic amines) is 1. The number of hydrogen-bond acceptors (Lipinski definition) is 5. The molecule has 2 fully saturated rings. The molecule has 1 amide bonds. The predicted octanol–water partition coefficient (Wildman–Crippen LogP) is 3.23. The van der Waals surface area contributed by atoms with Crippen LogP contribution in [0.1, 0.15) is 47.6 Å². The Morgan fingerprint density at radius 2 is 1.91 bits per heavy atom. The summed E-state index contributed by atoms with van der Waals surface area (Å²) in [6.45, 7) is 1.79. The number of halogens is 2. The Morgan fingerprint density at radius 3 is 2.66 bits per heavy atom. The van der Waals surface area contributed by atoms with Crippen LogP contribution in [0.4, 0.5) is 14.5 Å². The van der Waals surface area contributed by atoms with Gasteiger partial charge in [-0.05, 0) is 63.1 Å². The molecule has 10 heteroatoms. The van der Waals surface area contributed by atoms with Gasteiger partial charge >= 0.3 is 5.97 Å². The summed E-state index contributed by atoms with van der Waals surface area (Å²) in [5.74, 6) is -2.49. The summed E-state index contributed by atoms with van der Waals surface area (Å²) < 4.78 is 29.9. The van der Waals surface area contributed by atoms with Gasteiger partial charge in [-0.25, -0.2) is 18.1 Å². The molecule has 35 heavy (non-hydrogen) atoms. The first-order chi connectivity index (χ1) is 16.8. The monoisotopic (exact) mass is 483 g/mol. The van der Waals surface area contributed by atoms with E-state index in [1.807, 2.05) is 22.9 Å². The Kier molecular flexibility index (Phi) is 5.92. The third kappa shape index (κ3) is 4.22. The van der Waals surface area contributed by atoms with E-state index >= 15 is 0 Å². The minimum absolute atomic E-state index is 0.263. The molecule has 1 atom stereocenters. The number of nitrogens with zero attached hydrogens (tertiary/aromatic N) is 4. The molecule has 5 rings (SSSR count). The van der Waals surface area contributed by atoms with Crippen LogP contribution in [-0.2, 0) is 4.79 Å². The summed E-state index contributed by atoms with van der Waals surface area (Å²) >= 11 is 0. The number of carbonyl (C=O) groups is 2. The average Bonchev–Trinajstić information content (AvgIpc) is 3.49. The van der Waals surface area contributed by atoms with E-state index in [0.29, 0.717) is 50.0 Å². The summed E-state index contributed by atoms with van der Waals surface area (Å²) in [6.07, 6.45) is 5.24. The van der Waals surface area contributed by atoms with Crippen molar-refractivity contribution in [3.05, 3.63) is 65.5 Å². The molecule has 184 valence electrons. The fourth-order valence-corrected chi connectivity index (χ4v) is 5.17. The molecule has 2 aliphatic heterocycles. The second-order valence-corrected chi connectivity index (χ2v) is 9.43. The highest BCUT2D eigenvalue weighted by molar-refractivity contribution is 6.03. The number of fused-ring (bicyclic) bond motifs is 1. The van der Waals surface area contributed by atoms with E-state index in [4.69, 9.17) is 0 Å². The maximum absolute atomic E-state index is 14.5. The van der Waals surface area contributed by atoms with Crippen molar-refractivity contribution < 1.29 is 23.5 Å². The van der Waals surface area contributed by atoms with E-state index < -0.39 is 29.0 Å². The second-order valence-electron chi connectivity index (χ2n) is 9.43.